The summed E-state index contributed by atoms with van der Waals surface area (Å²) in [5, 5.41) is 1.97. The van der Waals surface area contributed by atoms with Gasteiger partial charge in [-0.15, -0.1) is 11.3 Å². The summed E-state index contributed by atoms with van der Waals surface area (Å²) in [6, 6.07) is 7.46. The second kappa shape index (κ2) is 5.16. The average molecular weight is 267 g/mol. The van der Waals surface area contributed by atoms with Gasteiger partial charge in [0.2, 0.25) is 0 Å². The van der Waals surface area contributed by atoms with Gasteiger partial charge < -0.3 is 5.73 Å². The van der Waals surface area contributed by atoms with E-state index in [-0.39, 0.29) is 6.54 Å². The van der Waals surface area contributed by atoms with Crippen LogP contribution in [0.3, 0.4) is 0 Å². The van der Waals surface area contributed by atoms with Crippen molar-refractivity contribution >= 4 is 11.3 Å². The van der Waals surface area contributed by atoms with E-state index in [0.717, 1.165) is 17.0 Å². The van der Waals surface area contributed by atoms with Crippen molar-refractivity contribution in [3.05, 3.63) is 57.8 Å². The second-order valence-corrected chi connectivity index (χ2v) is 5.68. The van der Waals surface area contributed by atoms with Gasteiger partial charge in [-0.2, -0.15) is 0 Å². The SMILES string of the molecule is CC(CN)(Cc1cccs1)c1cc(F)ccc1F. The molecule has 0 saturated carbocycles. The van der Waals surface area contributed by atoms with E-state index in [1.165, 1.54) is 6.07 Å². The van der Waals surface area contributed by atoms with E-state index in [9.17, 15) is 8.78 Å². The minimum Gasteiger partial charge on any atom is -0.330 e. The summed E-state index contributed by atoms with van der Waals surface area (Å²) in [6.07, 6.45) is 0.613. The smallest absolute Gasteiger partial charge is 0.127 e. The first-order valence-electron chi connectivity index (χ1n) is 5.73. The lowest BCUT2D eigenvalue weighted by Crippen LogP contribution is -2.35. The highest BCUT2D eigenvalue weighted by Gasteiger charge is 2.29. The molecule has 4 heteroatoms. The predicted octanol–water partition coefficient (Wildman–Crippen LogP) is 3.49. The van der Waals surface area contributed by atoms with E-state index in [1.807, 2.05) is 24.4 Å². The number of benzene rings is 1. The molecule has 0 radical (unpaired) electrons. The van der Waals surface area contributed by atoms with Crippen molar-refractivity contribution in [3.8, 4) is 0 Å². The molecular formula is C14H15F2NS. The fourth-order valence-electron chi connectivity index (χ4n) is 2.04. The normalized spacial score (nSPS) is 14.4. The van der Waals surface area contributed by atoms with E-state index in [4.69, 9.17) is 5.73 Å². The number of hydrogen-bond acceptors (Lipinski definition) is 2. The summed E-state index contributed by atoms with van der Waals surface area (Å²) in [4.78, 5) is 1.12. The van der Waals surface area contributed by atoms with Crippen LogP contribution in [0.4, 0.5) is 8.78 Å². The number of halogens is 2. The molecule has 0 fully saturated rings. The fraction of sp³-hybridized carbons (Fsp3) is 0.286. The van der Waals surface area contributed by atoms with Crippen LogP contribution in [0.15, 0.2) is 35.7 Å². The molecule has 96 valence electrons. The van der Waals surface area contributed by atoms with Crippen LogP contribution in [0.25, 0.3) is 0 Å². The first kappa shape index (κ1) is 13.2. The molecule has 2 aromatic rings. The van der Waals surface area contributed by atoms with E-state index >= 15 is 0 Å². The molecule has 0 bridgehead atoms. The molecule has 0 spiro atoms. The Kier molecular flexibility index (Phi) is 3.78. The highest BCUT2D eigenvalue weighted by atomic mass is 32.1. The summed E-state index contributed by atoms with van der Waals surface area (Å²) >= 11 is 1.60. The van der Waals surface area contributed by atoms with Crippen LogP contribution >= 0.6 is 11.3 Å². The first-order chi connectivity index (χ1) is 8.55. The molecule has 2 N–H and O–H groups in total. The third-order valence-electron chi connectivity index (χ3n) is 3.17. The van der Waals surface area contributed by atoms with Crippen LogP contribution in [-0.4, -0.2) is 6.54 Å². The topological polar surface area (TPSA) is 26.0 Å². The molecule has 1 aromatic carbocycles. The lowest BCUT2D eigenvalue weighted by molar-refractivity contribution is 0.447. The zero-order valence-electron chi connectivity index (χ0n) is 10.1. The van der Waals surface area contributed by atoms with Gasteiger partial charge in [0, 0.05) is 16.8 Å². The fourth-order valence-corrected chi connectivity index (χ4v) is 2.93. The van der Waals surface area contributed by atoms with Crippen molar-refractivity contribution in [1.82, 2.24) is 0 Å². The molecule has 1 nitrogen and oxygen atoms in total. The monoisotopic (exact) mass is 267 g/mol. The van der Waals surface area contributed by atoms with Crippen LogP contribution in [0.1, 0.15) is 17.4 Å². The standard InChI is InChI=1S/C14H15F2NS/c1-14(9-17,8-11-3-2-6-18-11)12-7-10(15)4-5-13(12)16/h2-7H,8-9,17H2,1H3. The Morgan fingerprint density at radius 3 is 2.67 bits per heavy atom. The van der Waals surface area contributed by atoms with Gasteiger partial charge >= 0.3 is 0 Å². The van der Waals surface area contributed by atoms with Gasteiger partial charge in [-0.05, 0) is 41.6 Å². The Morgan fingerprint density at radius 2 is 2.06 bits per heavy atom. The van der Waals surface area contributed by atoms with E-state index in [1.54, 1.807) is 11.3 Å². The van der Waals surface area contributed by atoms with Gasteiger partial charge in [0.15, 0.2) is 0 Å². The summed E-state index contributed by atoms with van der Waals surface area (Å²) < 4.78 is 27.1. The Bertz CT molecular complexity index is 525. The highest BCUT2D eigenvalue weighted by Crippen LogP contribution is 2.31. The molecule has 0 saturated heterocycles. The van der Waals surface area contributed by atoms with Crippen molar-refractivity contribution in [1.29, 1.82) is 0 Å². The molecule has 0 aliphatic carbocycles. The van der Waals surface area contributed by atoms with Crippen LogP contribution < -0.4 is 5.73 Å². The maximum absolute atomic E-state index is 13.9. The van der Waals surface area contributed by atoms with E-state index in [2.05, 4.69) is 0 Å². The first-order valence-corrected chi connectivity index (χ1v) is 6.61. The molecule has 1 unspecified atom stereocenters. The number of rotatable bonds is 4. The summed E-state index contributed by atoms with van der Waals surface area (Å²) in [6.45, 7) is 2.13. The van der Waals surface area contributed by atoms with Crippen molar-refractivity contribution in [2.75, 3.05) is 6.54 Å². The number of thiophene rings is 1. The molecule has 1 atom stereocenters. The van der Waals surface area contributed by atoms with Crippen LogP contribution in [0.2, 0.25) is 0 Å². The predicted molar refractivity (Wildman–Crippen MR) is 70.8 cm³/mol. The highest BCUT2D eigenvalue weighted by molar-refractivity contribution is 7.09. The molecule has 0 aliphatic rings. The van der Waals surface area contributed by atoms with Gasteiger partial charge in [0.1, 0.15) is 11.6 Å². The van der Waals surface area contributed by atoms with Crippen molar-refractivity contribution < 1.29 is 8.78 Å². The van der Waals surface area contributed by atoms with Gasteiger partial charge in [-0.25, -0.2) is 8.78 Å². The Balaban J connectivity index is 2.39. The average Bonchev–Trinajstić information content (AvgIpc) is 2.84. The van der Waals surface area contributed by atoms with Crippen molar-refractivity contribution in [3.63, 3.8) is 0 Å². The lowest BCUT2D eigenvalue weighted by atomic mass is 9.79. The van der Waals surface area contributed by atoms with Crippen molar-refractivity contribution in [2.24, 2.45) is 5.73 Å². The maximum atomic E-state index is 13.9. The summed E-state index contributed by atoms with van der Waals surface area (Å²) in [7, 11) is 0. The molecule has 18 heavy (non-hydrogen) atoms. The van der Waals surface area contributed by atoms with Crippen molar-refractivity contribution in [2.45, 2.75) is 18.8 Å². The van der Waals surface area contributed by atoms with Gasteiger partial charge in [-0.1, -0.05) is 13.0 Å². The van der Waals surface area contributed by atoms with Gasteiger partial charge in [-0.3, -0.25) is 0 Å². The number of hydrogen-bond donors (Lipinski definition) is 1. The molecule has 1 heterocycles. The molecule has 1 aromatic heterocycles. The van der Waals surface area contributed by atoms with E-state index < -0.39 is 17.0 Å². The number of nitrogens with two attached hydrogens (primary N) is 1. The van der Waals surface area contributed by atoms with E-state index in [0.29, 0.717) is 12.0 Å². The molecule has 0 amide bonds. The molecule has 0 aliphatic heterocycles. The summed E-state index contributed by atoms with van der Waals surface area (Å²) in [5.41, 5.74) is 5.55. The lowest BCUT2D eigenvalue weighted by Gasteiger charge is -2.28. The zero-order valence-corrected chi connectivity index (χ0v) is 10.9. The minimum absolute atomic E-state index is 0.269. The van der Waals surface area contributed by atoms with Gasteiger partial charge in [0.25, 0.3) is 0 Å². The third kappa shape index (κ3) is 2.60. The second-order valence-electron chi connectivity index (χ2n) is 4.65. The van der Waals surface area contributed by atoms with Crippen LogP contribution in [0.5, 0.6) is 0 Å². The van der Waals surface area contributed by atoms with Gasteiger partial charge in [0.05, 0.1) is 0 Å². The molecular weight excluding hydrogens is 252 g/mol. The van der Waals surface area contributed by atoms with Crippen LogP contribution in [0, 0.1) is 11.6 Å². The molecule has 2 rings (SSSR count). The Morgan fingerprint density at radius 1 is 1.28 bits per heavy atom. The maximum Gasteiger partial charge on any atom is 0.127 e. The van der Waals surface area contributed by atoms with Crippen LogP contribution in [-0.2, 0) is 11.8 Å². The quantitative estimate of drug-likeness (QED) is 0.901. The third-order valence-corrected chi connectivity index (χ3v) is 4.05. The summed E-state index contributed by atoms with van der Waals surface area (Å²) in [5.74, 6) is -0.835. The largest absolute Gasteiger partial charge is 0.330 e. The Labute approximate surface area is 109 Å². The minimum atomic E-state index is -0.586. The Hall–Kier alpha value is -1.26. The zero-order chi connectivity index (χ0) is 13.2.